The van der Waals surface area contributed by atoms with Crippen LogP contribution in [-0.2, 0) is 12.0 Å². The molecule has 0 atom stereocenters. The molecule has 0 saturated heterocycles. The van der Waals surface area contributed by atoms with Crippen LogP contribution in [0, 0.1) is 0 Å². The van der Waals surface area contributed by atoms with Crippen LogP contribution < -0.4 is 10.3 Å². The molecule has 0 amide bonds. The Hall–Kier alpha value is -2.76. The second kappa shape index (κ2) is 6.03. The van der Waals surface area contributed by atoms with Gasteiger partial charge in [-0.15, -0.1) is 0 Å². The first-order valence-corrected chi connectivity index (χ1v) is 7.76. The zero-order chi connectivity index (χ0) is 17.3. The Morgan fingerprint density at radius 3 is 2.46 bits per heavy atom. The molecule has 0 aliphatic rings. The van der Waals surface area contributed by atoms with Crippen molar-refractivity contribution in [3.63, 3.8) is 0 Å². The molecule has 0 aliphatic heterocycles. The molecule has 3 rings (SSSR count). The van der Waals surface area contributed by atoms with Gasteiger partial charge in [0.25, 0.3) is 5.56 Å². The largest absolute Gasteiger partial charge is 0.467 e. The number of rotatable bonds is 3. The average molecular weight is 324 g/mol. The van der Waals surface area contributed by atoms with Crippen LogP contribution in [0.2, 0.25) is 0 Å². The van der Waals surface area contributed by atoms with Crippen LogP contribution >= 0.6 is 0 Å². The van der Waals surface area contributed by atoms with Gasteiger partial charge in [0.2, 0.25) is 0 Å². The monoisotopic (exact) mass is 324 g/mol. The van der Waals surface area contributed by atoms with Crippen molar-refractivity contribution in [2.75, 3.05) is 7.11 Å². The third kappa shape index (κ3) is 2.99. The number of nitrogens with zero attached hydrogens (tertiary/aromatic N) is 4. The second-order valence-corrected chi connectivity index (χ2v) is 6.65. The summed E-state index contributed by atoms with van der Waals surface area (Å²) in [6.07, 6.45) is 1.59. The molecule has 3 aromatic rings. The highest BCUT2D eigenvalue weighted by molar-refractivity contribution is 5.69. The first-order valence-electron chi connectivity index (χ1n) is 7.76. The molecule has 1 aromatic carbocycles. The molecule has 0 radical (unpaired) electrons. The van der Waals surface area contributed by atoms with Gasteiger partial charge in [0.05, 0.1) is 19.9 Å². The zero-order valence-corrected chi connectivity index (χ0v) is 14.3. The van der Waals surface area contributed by atoms with E-state index in [0.717, 1.165) is 5.56 Å². The van der Waals surface area contributed by atoms with Gasteiger partial charge in [0, 0.05) is 5.41 Å². The Bertz CT molecular complexity index is 927. The molecule has 0 spiro atoms. The maximum Gasteiger partial charge on any atom is 0.318 e. The normalized spacial score (nSPS) is 11.7. The SMILES string of the molecule is COc1ncc2nc(C(C)(C)C)c(=O)n(Cc3ccccc3)c2n1. The summed E-state index contributed by atoms with van der Waals surface area (Å²) in [6, 6.07) is 10.0. The number of fused-ring (bicyclic) bond motifs is 1. The molecule has 6 nitrogen and oxygen atoms in total. The number of benzene rings is 1. The summed E-state index contributed by atoms with van der Waals surface area (Å²) in [6.45, 7) is 6.33. The van der Waals surface area contributed by atoms with Gasteiger partial charge in [-0.25, -0.2) is 9.97 Å². The summed E-state index contributed by atoms with van der Waals surface area (Å²) in [5.74, 6) is 0. The van der Waals surface area contributed by atoms with Gasteiger partial charge in [-0.05, 0) is 5.56 Å². The lowest BCUT2D eigenvalue weighted by Gasteiger charge is -2.19. The molecule has 0 N–H and O–H groups in total. The van der Waals surface area contributed by atoms with Crippen molar-refractivity contribution in [1.29, 1.82) is 0 Å². The Morgan fingerprint density at radius 2 is 1.83 bits per heavy atom. The van der Waals surface area contributed by atoms with Crippen molar-refractivity contribution >= 4 is 11.2 Å². The molecule has 0 bridgehead atoms. The number of methoxy groups -OCH3 is 1. The van der Waals surface area contributed by atoms with Gasteiger partial charge >= 0.3 is 6.01 Å². The molecule has 2 aromatic heterocycles. The van der Waals surface area contributed by atoms with Crippen LogP contribution in [0.3, 0.4) is 0 Å². The minimum absolute atomic E-state index is 0.139. The van der Waals surface area contributed by atoms with Crippen molar-refractivity contribution in [3.8, 4) is 6.01 Å². The van der Waals surface area contributed by atoms with E-state index in [4.69, 9.17) is 4.74 Å². The van der Waals surface area contributed by atoms with Gasteiger partial charge in [-0.3, -0.25) is 9.36 Å². The topological polar surface area (TPSA) is 69.9 Å². The van der Waals surface area contributed by atoms with Gasteiger partial charge in [0.15, 0.2) is 5.65 Å². The van der Waals surface area contributed by atoms with Crippen molar-refractivity contribution in [1.82, 2.24) is 19.5 Å². The number of aromatic nitrogens is 4. The molecule has 0 unspecified atom stereocenters. The standard InChI is InChI=1S/C18H20N4O2/c1-18(2,3)14-16(23)22(11-12-8-6-5-7-9-12)15-13(20-14)10-19-17(21-15)24-4/h5-10H,11H2,1-4H3. The first kappa shape index (κ1) is 16.1. The highest BCUT2D eigenvalue weighted by atomic mass is 16.5. The lowest BCUT2D eigenvalue weighted by molar-refractivity contribution is 0.380. The lowest BCUT2D eigenvalue weighted by atomic mass is 9.92. The summed E-state index contributed by atoms with van der Waals surface area (Å²) >= 11 is 0. The minimum Gasteiger partial charge on any atom is -0.467 e. The van der Waals surface area contributed by atoms with E-state index >= 15 is 0 Å². The smallest absolute Gasteiger partial charge is 0.318 e. The fourth-order valence-electron chi connectivity index (χ4n) is 2.52. The van der Waals surface area contributed by atoms with E-state index in [9.17, 15) is 4.79 Å². The van der Waals surface area contributed by atoms with E-state index in [1.165, 1.54) is 7.11 Å². The summed E-state index contributed by atoms with van der Waals surface area (Å²) < 4.78 is 6.74. The van der Waals surface area contributed by atoms with E-state index in [-0.39, 0.29) is 17.0 Å². The Labute approximate surface area is 140 Å². The number of hydrogen-bond donors (Lipinski definition) is 0. The quantitative estimate of drug-likeness (QED) is 0.740. The van der Waals surface area contributed by atoms with Crippen LogP contribution in [0.1, 0.15) is 32.0 Å². The van der Waals surface area contributed by atoms with Gasteiger partial charge in [-0.1, -0.05) is 51.1 Å². The van der Waals surface area contributed by atoms with Gasteiger partial charge in [-0.2, -0.15) is 4.98 Å². The van der Waals surface area contributed by atoms with E-state index in [0.29, 0.717) is 23.4 Å². The minimum atomic E-state index is -0.371. The highest BCUT2D eigenvalue weighted by Crippen LogP contribution is 2.20. The zero-order valence-electron chi connectivity index (χ0n) is 14.3. The molecule has 0 aliphatic carbocycles. The average Bonchev–Trinajstić information content (AvgIpc) is 2.56. The van der Waals surface area contributed by atoms with E-state index in [1.807, 2.05) is 51.1 Å². The van der Waals surface area contributed by atoms with E-state index < -0.39 is 0 Å². The highest BCUT2D eigenvalue weighted by Gasteiger charge is 2.23. The molecular formula is C18H20N4O2. The Morgan fingerprint density at radius 1 is 1.12 bits per heavy atom. The lowest BCUT2D eigenvalue weighted by Crippen LogP contribution is -2.33. The van der Waals surface area contributed by atoms with Crippen molar-refractivity contribution in [2.45, 2.75) is 32.7 Å². The van der Waals surface area contributed by atoms with Crippen molar-refractivity contribution in [2.24, 2.45) is 0 Å². The summed E-state index contributed by atoms with van der Waals surface area (Å²) in [4.78, 5) is 26.0. The Balaban J connectivity index is 2.29. The second-order valence-electron chi connectivity index (χ2n) is 6.65. The van der Waals surface area contributed by atoms with E-state index in [1.54, 1.807) is 10.8 Å². The molecule has 0 saturated carbocycles. The van der Waals surface area contributed by atoms with Crippen molar-refractivity contribution < 1.29 is 4.74 Å². The first-order chi connectivity index (χ1) is 11.4. The number of hydrogen-bond acceptors (Lipinski definition) is 5. The van der Waals surface area contributed by atoms with Crippen LogP contribution in [0.5, 0.6) is 6.01 Å². The summed E-state index contributed by atoms with van der Waals surface area (Å²) in [5.41, 5.74) is 2.06. The maximum absolute atomic E-state index is 13.0. The van der Waals surface area contributed by atoms with Gasteiger partial charge in [0.1, 0.15) is 11.2 Å². The third-order valence-corrected chi connectivity index (χ3v) is 3.74. The van der Waals surface area contributed by atoms with Crippen molar-refractivity contribution in [3.05, 3.63) is 58.1 Å². The van der Waals surface area contributed by atoms with Crippen LogP contribution in [0.25, 0.3) is 11.2 Å². The summed E-state index contributed by atoms with van der Waals surface area (Å²) in [5, 5.41) is 0. The molecule has 24 heavy (non-hydrogen) atoms. The molecule has 2 heterocycles. The van der Waals surface area contributed by atoms with Crippen LogP contribution in [0.4, 0.5) is 0 Å². The summed E-state index contributed by atoms with van der Waals surface area (Å²) in [7, 11) is 1.50. The fourth-order valence-corrected chi connectivity index (χ4v) is 2.52. The molecular weight excluding hydrogens is 304 g/mol. The fraction of sp³-hybridized carbons (Fsp3) is 0.333. The van der Waals surface area contributed by atoms with E-state index in [2.05, 4.69) is 15.0 Å². The predicted octanol–water partition coefficient (Wildman–Crippen LogP) is 2.54. The molecule has 124 valence electrons. The predicted molar refractivity (Wildman–Crippen MR) is 92.4 cm³/mol. The van der Waals surface area contributed by atoms with Gasteiger partial charge < -0.3 is 4.74 Å². The molecule has 6 heteroatoms. The Kier molecular flexibility index (Phi) is 4.05. The molecule has 0 fully saturated rings. The number of ether oxygens (including phenoxy) is 1. The van der Waals surface area contributed by atoms with Crippen LogP contribution in [-0.4, -0.2) is 26.6 Å². The van der Waals surface area contributed by atoms with Crippen LogP contribution in [0.15, 0.2) is 41.3 Å². The third-order valence-electron chi connectivity index (χ3n) is 3.74. The maximum atomic E-state index is 13.0.